The van der Waals surface area contributed by atoms with E-state index in [9.17, 15) is 9.90 Å². The maximum atomic E-state index is 12.3. The summed E-state index contributed by atoms with van der Waals surface area (Å²) in [6, 6.07) is 5.19. The molecule has 1 aliphatic carbocycles. The Hall–Kier alpha value is -1.95. The summed E-state index contributed by atoms with van der Waals surface area (Å²) >= 11 is 0. The fraction of sp³-hybridized carbons (Fsp3) is 0.400. The molecule has 1 N–H and O–H groups in total. The third-order valence-corrected chi connectivity index (χ3v) is 3.21. The first-order valence-electron chi connectivity index (χ1n) is 6.14. The summed E-state index contributed by atoms with van der Waals surface area (Å²) in [4.78, 5) is 14.0. The molecule has 3 heteroatoms. The molecule has 1 amide bonds. The maximum absolute atomic E-state index is 12.3. The van der Waals surface area contributed by atoms with E-state index in [0.29, 0.717) is 30.1 Å². The van der Waals surface area contributed by atoms with Gasteiger partial charge in [0.2, 0.25) is 0 Å². The molecule has 3 nitrogen and oxygen atoms in total. The highest BCUT2D eigenvalue weighted by Crippen LogP contribution is 2.31. The lowest BCUT2D eigenvalue weighted by atomic mass is 10.1. The van der Waals surface area contributed by atoms with E-state index in [4.69, 9.17) is 6.42 Å². The highest BCUT2D eigenvalue weighted by atomic mass is 16.3. The zero-order valence-electron chi connectivity index (χ0n) is 10.5. The highest BCUT2D eigenvalue weighted by molar-refractivity contribution is 5.97. The van der Waals surface area contributed by atoms with E-state index < -0.39 is 0 Å². The van der Waals surface area contributed by atoms with Crippen LogP contribution in [-0.2, 0) is 0 Å². The smallest absolute Gasteiger partial charge is 0.258 e. The van der Waals surface area contributed by atoms with Gasteiger partial charge < -0.3 is 10.0 Å². The summed E-state index contributed by atoms with van der Waals surface area (Å²) in [5.74, 6) is 2.96. The molecular weight excluding hydrogens is 226 g/mol. The van der Waals surface area contributed by atoms with Crippen molar-refractivity contribution in [1.29, 1.82) is 0 Å². The van der Waals surface area contributed by atoms with Crippen LogP contribution in [0.1, 0.15) is 28.8 Å². The van der Waals surface area contributed by atoms with Crippen molar-refractivity contribution in [3.05, 3.63) is 29.3 Å². The number of hydrogen-bond donors (Lipinski definition) is 1. The predicted molar refractivity (Wildman–Crippen MR) is 70.3 cm³/mol. The van der Waals surface area contributed by atoms with Crippen LogP contribution in [0.5, 0.6) is 5.75 Å². The van der Waals surface area contributed by atoms with E-state index in [1.165, 1.54) is 0 Å². The monoisotopic (exact) mass is 243 g/mol. The molecule has 0 aliphatic heterocycles. The number of rotatable bonds is 4. The molecule has 0 radical (unpaired) electrons. The second kappa shape index (κ2) is 5.14. The normalized spacial score (nSPS) is 14.0. The fourth-order valence-corrected chi connectivity index (χ4v) is 1.94. The van der Waals surface area contributed by atoms with Crippen LogP contribution in [0.4, 0.5) is 0 Å². The Morgan fingerprint density at radius 1 is 1.56 bits per heavy atom. The number of aromatic hydroxyl groups is 1. The Morgan fingerprint density at radius 2 is 2.28 bits per heavy atom. The number of amides is 1. The standard InChI is InChI=1S/C15H17NO2/c1-3-9-16(10-12-7-8-12)15(18)13-6-4-5-11(2)14(13)17/h1,4-6,12,17H,7-10H2,2H3. The molecule has 0 spiro atoms. The van der Waals surface area contributed by atoms with Crippen molar-refractivity contribution in [1.82, 2.24) is 4.90 Å². The Labute approximate surface area is 107 Å². The molecule has 18 heavy (non-hydrogen) atoms. The number of carbonyl (C=O) groups excluding carboxylic acids is 1. The zero-order valence-corrected chi connectivity index (χ0v) is 10.5. The summed E-state index contributed by atoms with van der Waals surface area (Å²) in [7, 11) is 0. The van der Waals surface area contributed by atoms with Crippen LogP contribution in [0.15, 0.2) is 18.2 Å². The Bertz CT molecular complexity index is 498. The second-order valence-electron chi connectivity index (χ2n) is 4.80. The molecule has 0 aromatic heterocycles. The summed E-state index contributed by atoms with van der Waals surface area (Å²) < 4.78 is 0. The van der Waals surface area contributed by atoms with Gasteiger partial charge in [-0.1, -0.05) is 18.1 Å². The van der Waals surface area contributed by atoms with Gasteiger partial charge in [-0.2, -0.15) is 0 Å². The van der Waals surface area contributed by atoms with Crippen LogP contribution in [0.25, 0.3) is 0 Å². The molecule has 1 fully saturated rings. The van der Waals surface area contributed by atoms with Gasteiger partial charge in [-0.3, -0.25) is 4.79 Å². The summed E-state index contributed by atoms with van der Waals surface area (Å²) in [5.41, 5.74) is 1.04. The third kappa shape index (κ3) is 2.65. The van der Waals surface area contributed by atoms with E-state index >= 15 is 0 Å². The van der Waals surface area contributed by atoms with Crippen LogP contribution in [0.2, 0.25) is 0 Å². The average molecular weight is 243 g/mol. The SMILES string of the molecule is C#CCN(CC1CC1)C(=O)c1cccc(C)c1O. The van der Waals surface area contributed by atoms with Crippen LogP contribution in [0.3, 0.4) is 0 Å². The molecule has 1 saturated carbocycles. The summed E-state index contributed by atoms with van der Waals surface area (Å²) in [5, 5.41) is 9.94. The van der Waals surface area contributed by atoms with Gasteiger partial charge in [0.05, 0.1) is 12.1 Å². The molecule has 0 unspecified atom stereocenters. The van der Waals surface area contributed by atoms with Crippen molar-refractivity contribution in [2.45, 2.75) is 19.8 Å². The van der Waals surface area contributed by atoms with Gasteiger partial charge in [0.15, 0.2) is 0 Å². The first kappa shape index (κ1) is 12.5. The molecule has 0 saturated heterocycles. The molecule has 1 aromatic rings. The molecule has 94 valence electrons. The van der Waals surface area contributed by atoms with Crippen LogP contribution >= 0.6 is 0 Å². The number of terminal acetylenes is 1. The maximum Gasteiger partial charge on any atom is 0.258 e. The van der Waals surface area contributed by atoms with Gasteiger partial charge in [-0.25, -0.2) is 0 Å². The van der Waals surface area contributed by atoms with Crippen molar-refractivity contribution in [3.8, 4) is 18.1 Å². The molecule has 0 bridgehead atoms. The van der Waals surface area contributed by atoms with Crippen molar-refractivity contribution in [2.24, 2.45) is 5.92 Å². The van der Waals surface area contributed by atoms with Crippen LogP contribution in [-0.4, -0.2) is 29.0 Å². The van der Waals surface area contributed by atoms with Crippen molar-refractivity contribution in [3.63, 3.8) is 0 Å². The van der Waals surface area contributed by atoms with Crippen LogP contribution in [0, 0.1) is 25.2 Å². The molecule has 1 aromatic carbocycles. The van der Waals surface area contributed by atoms with Gasteiger partial charge in [0.1, 0.15) is 5.75 Å². The summed E-state index contributed by atoms with van der Waals surface area (Å²) in [6.07, 6.45) is 7.62. The quantitative estimate of drug-likeness (QED) is 0.823. The van der Waals surface area contributed by atoms with Gasteiger partial charge in [0, 0.05) is 6.54 Å². The molecule has 2 rings (SSSR count). The lowest BCUT2D eigenvalue weighted by molar-refractivity contribution is 0.0766. The van der Waals surface area contributed by atoms with E-state index in [1.807, 2.05) is 0 Å². The average Bonchev–Trinajstić information content (AvgIpc) is 3.15. The van der Waals surface area contributed by atoms with Gasteiger partial charge in [0.25, 0.3) is 5.91 Å². The number of aryl methyl sites for hydroxylation is 1. The van der Waals surface area contributed by atoms with Gasteiger partial charge >= 0.3 is 0 Å². The topological polar surface area (TPSA) is 40.5 Å². The molecular formula is C15H17NO2. The van der Waals surface area contributed by atoms with Crippen molar-refractivity contribution >= 4 is 5.91 Å². The first-order chi connectivity index (χ1) is 8.63. The number of nitrogens with zero attached hydrogens (tertiary/aromatic N) is 1. The lowest BCUT2D eigenvalue weighted by Gasteiger charge is -2.21. The minimum Gasteiger partial charge on any atom is -0.507 e. The van der Waals surface area contributed by atoms with E-state index in [2.05, 4.69) is 5.92 Å². The number of para-hydroxylation sites is 1. The molecule has 0 heterocycles. The van der Waals surface area contributed by atoms with E-state index in [-0.39, 0.29) is 11.7 Å². The number of benzene rings is 1. The van der Waals surface area contributed by atoms with Gasteiger partial charge in [-0.05, 0) is 37.3 Å². The first-order valence-corrected chi connectivity index (χ1v) is 6.14. The second-order valence-corrected chi connectivity index (χ2v) is 4.80. The Morgan fingerprint density at radius 3 is 2.89 bits per heavy atom. The minimum atomic E-state index is -0.180. The van der Waals surface area contributed by atoms with E-state index in [0.717, 1.165) is 12.8 Å². The van der Waals surface area contributed by atoms with Crippen molar-refractivity contribution in [2.75, 3.05) is 13.1 Å². The summed E-state index contributed by atoms with van der Waals surface area (Å²) in [6.45, 7) is 2.76. The zero-order chi connectivity index (χ0) is 13.1. The van der Waals surface area contributed by atoms with Gasteiger partial charge in [-0.15, -0.1) is 6.42 Å². The minimum absolute atomic E-state index is 0.0559. The Balaban J connectivity index is 2.21. The predicted octanol–water partition coefficient (Wildman–Crippen LogP) is 2.19. The van der Waals surface area contributed by atoms with Crippen LogP contribution < -0.4 is 0 Å². The molecule has 0 atom stereocenters. The molecule has 1 aliphatic rings. The number of phenolic OH excluding ortho intramolecular Hbond substituents is 1. The largest absolute Gasteiger partial charge is 0.507 e. The Kier molecular flexibility index (Phi) is 3.57. The number of hydrogen-bond acceptors (Lipinski definition) is 2. The third-order valence-electron chi connectivity index (χ3n) is 3.21. The fourth-order valence-electron chi connectivity index (χ4n) is 1.94. The number of carbonyl (C=O) groups is 1. The van der Waals surface area contributed by atoms with E-state index in [1.54, 1.807) is 30.0 Å². The lowest BCUT2D eigenvalue weighted by Crippen LogP contribution is -2.33. The number of phenols is 1. The highest BCUT2D eigenvalue weighted by Gasteiger charge is 2.27. The van der Waals surface area contributed by atoms with Crippen molar-refractivity contribution < 1.29 is 9.90 Å².